The van der Waals surface area contributed by atoms with E-state index in [1.54, 1.807) is 11.6 Å². The van der Waals surface area contributed by atoms with E-state index in [-0.39, 0.29) is 11.9 Å². The third-order valence-electron chi connectivity index (χ3n) is 2.83. The number of carbonyl (C=O) groups is 1. The number of halogens is 3. The lowest BCUT2D eigenvalue weighted by Crippen LogP contribution is -2.09. The van der Waals surface area contributed by atoms with E-state index in [0.717, 1.165) is 12.1 Å². The van der Waals surface area contributed by atoms with Gasteiger partial charge in [-0.25, -0.2) is 4.98 Å². The van der Waals surface area contributed by atoms with Crippen molar-refractivity contribution in [2.45, 2.75) is 12.6 Å². The van der Waals surface area contributed by atoms with Crippen LogP contribution in [0.1, 0.15) is 11.4 Å². The van der Waals surface area contributed by atoms with Crippen LogP contribution in [0.3, 0.4) is 0 Å². The predicted octanol–water partition coefficient (Wildman–Crippen LogP) is 2.31. The molecule has 4 nitrogen and oxygen atoms in total. The summed E-state index contributed by atoms with van der Waals surface area (Å²) in [4.78, 5) is 15.2. The number of rotatable bonds is 2. The van der Waals surface area contributed by atoms with Gasteiger partial charge in [0.15, 0.2) is 0 Å². The molecule has 0 saturated heterocycles. The summed E-state index contributed by atoms with van der Waals surface area (Å²) in [7, 11) is 2.88. The first-order valence-corrected chi connectivity index (χ1v) is 5.42. The van der Waals surface area contributed by atoms with Crippen LogP contribution in [0.4, 0.5) is 13.2 Å². The largest absolute Gasteiger partial charge is 0.469 e. The highest BCUT2D eigenvalue weighted by molar-refractivity contribution is 5.79. The molecule has 0 atom stereocenters. The van der Waals surface area contributed by atoms with Gasteiger partial charge >= 0.3 is 12.1 Å². The van der Waals surface area contributed by atoms with Crippen LogP contribution in [0.2, 0.25) is 0 Å². The number of nitrogens with zero attached hydrogens (tertiary/aromatic N) is 2. The minimum Gasteiger partial charge on any atom is -0.469 e. The zero-order chi connectivity index (χ0) is 14.2. The molecule has 102 valence electrons. The molecule has 0 fully saturated rings. The molecule has 2 aromatic rings. The minimum atomic E-state index is -4.41. The average Bonchev–Trinajstić information content (AvgIpc) is 2.64. The van der Waals surface area contributed by atoms with E-state index in [0.29, 0.717) is 11.3 Å². The molecule has 7 heteroatoms. The molecule has 0 bridgehead atoms. The Morgan fingerprint density at radius 1 is 1.42 bits per heavy atom. The maximum atomic E-state index is 12.6. The number of hydrogen-bond donors (Lipinski definition) is 0. The molecule has 19 heavy (non-hydrogen) atoms. The second-order valence-electron chi connectivity index (χ2n) is 4.04. The van der Waals surface area contributed by atoms with Crippen molar-refractivity contribution in [3.63, 3.8) is 0 Å². The number of aryl methyl sites for hydroxylation is 1. The van der Waals surface area contributed by atoms with Gasteiger partial charge in [-0.2, -0.15) is 13.2 Å². The van der Waals surface area contributed by atoms with Crippen molar-refractivity contribution in [3.05, 3.63) is 29.6 Å². The lowest BCUT2D eigenvalue weighted by atomic mass is 10.2. The zero-order valence-electron chi connectivity index (χ0n) is 10.3. The quantitative estimate of drug-likeness (QED) is 0.788. The standard InChI is InChI=1S/C12H11F3N2O2/c1-17-9-4-3-7(12(13,14)15)5-8(9)16-10(17)6-11(18)19-2/h3-5H,6H2,1-2H3. The van der Waals surface area contributed by atoms with E-state index >= 15 is 0 Å². The van der Waals surface area contributed by atoms with Crippen molar-refractivity contribution in [2.75, 3.05) is 7.11 Å². The summed E-state index contributed by atoms with van der Waals surface area (Å²) < 4.78 is 43.8. The van der Waals surface area contributed by atoms with Crippen LogP contribution in [0.25, 0.3) is 11.0 Å². The Labute approximate surface area is 106 Å². The fourth-order valence-electron chi connectivity index (χ4n) is 1.79. The van der Waals surface area contributed by atoms with E-state index in [1.165, 1.54) is 13.2 Å². The summed E-state index contributed by atoms with van der Waals surface area (Å²) in [5, 5.41) is 0. The molecule has 0 aliphatic rings. The summed E-state index contributed by atoms with van der Waals surface area (Å²) in [6.45, 7) is 0. The highest BCUT2D eigenvalue weighted by atomic mass is 19.4. The molecular formula is C12H11F3N2O2. The molecule has 0 radical (unpaired) electrons. The summed E-state index contributed by atoms with van der Waals surface area (Å²) >= 11 is 0. The van der Waals surface area contributed by atoms with E-state index in [2.05, 4.69) is 9.72 Å². The van der Waals surface area contributed by atoms with Gasteiger partial charge < -0.3 is 9.30 Å². The fraction of sp³-hybridized carbons (Fsp3) is 0.333. The molecule has 0 saturated carbocycles. The monoisotopic (exact) mass is 272 g/mol. The average molecular weight is 272 g/mol. The zero-order valence-corrected chi connectivity index (χ0v) is 10.3. The van der Waals surface area contributed by atoms with Gasteiger partial charge in [0, 0.05) is 7.05 Å². The third kappa shape index (κ3) is 2.54. The van der Waals surface area contributed by atoms with Crippen molar-refractivity contribution in [1.82, 2.24) is 9.55 Å². The molecule has 0 N–H and O–H groups in total. The first-order valence-electron chi connectivity index (χ1n) is 5.42. The van der Waals surface area contributed by atoms with Gasteiger partial charge in [0.05, 0.1) is 23.7 Å². The van der Waals surface area contributed by atoms with Gasteiger partial charge in [-0.3, -0.25) is 4.79 Å². The fourth-order valence-corrected chi connectivity index (χ4v) is 1.79. The first kappa shape index (κ1) is 13.4. The molecule has 0 unspecified atom stereocenters. The SMILES string of the molecule is COC(=O)Cc1nc2cc(C(F)(F)F)ccc2n1C. The molecule has 2 rings (SSSR count). The maximum Gasteiger partial charge on any atom is 0.416 e. The van der Waals surface area contributed by atoms with Crippen molar-refractivity contribution >= 4 is 17.0 Å². The van der Waals surface area contributed by atoms with Gasteiger partial charge in [0.25, 0.3) is 0 Å². The topological polar surface area (TPSA) is 44.1 Å². The molecular weight excluding hydrogens is 261 g/mol. The van der Waals surface area contributed by atoms with Gasteiger partial charge in [-0.15, -0.1) is 0 Å². The molecule has 0 aliphatic carbocycles. The number of methoxy groups -OCH3 is 1. The highest BCUT2D eigenvalue weighted by Gasteiger charge is 2.31. The van der Waals surface area contributed by atoms with Crippen LogP contribution in [-0.4, -0.2) is 22.6 Å². The lowest BCUT2D eigenvalue weighted by Gasteiger charge is -2.05. The Balaban J connectivity index is 2.48. The maximum absolute atomic E-state index is 12.6. The number of ether oxygens (including phenoxy) is 1. The number of esters is 1. The second kappa shape index (κ2) is 4.56. The predicted molar refractivity (Wildman–Crippen MR) is 61.4 cm³/mol. The van der Waals surface area contributed by atoms with Crippen molar-refractivity contribution in [3.8, 4) is 0 Å². The van der Waals surface area contributed by atoms with Crippen LogP contribution < -0.4 is 0 Å². The van der Waals surface area contributed by atoms with Gasteiger partial charge in [-0.05, 0) is 18.2 Å². The van der Waals surface area contributed by atoms with Crippen LogP contribution in [0, 0.1) is 0 Å². The van der Waals surface area contributed by atoms with Gasteiger partial charge in [-0.1, -0.05) is 0 Å². The molecule has 1 heterocycles. The molecule has 0 amide bonds. The number of carbonyl (C=O) groups excluding carboxylic acids is 1. The van der Waals surface area contributed by atoms with E-state index in [4.69, 9.17) is 0 Å². The summed E-state index contributed by atoms with van der Waals surface area (Å²) in [6, 6.07) is 3.30. The van der Waals surface area contributed by atoms with Crippen molar-refractivity contribution in [1.29, 1.82) is 0 Å². The third-order valence-corrected chi connectivity index (χ3v) is 2.83. The number of hydrogen-bond acceptors (Lipinski definition) is 3. The molecule has 1 aromatic heterocycles. The van der Waals surface area contributed by atoms with Crippen molar-refractivity contribution in [2.24, 2.45) is 7.05 Å². The van der Waals surface area contributed by atoms with Crippen molar-refractivity contribution < 1.29 is 22.7 Å². The smallest absolute Gasteiger partial charge is 0.416 e. The van der Waals surface area contributed by atoms with Gasteiger partial charge in [0.1, 0.15) is 12.2 Å². The Kier molecular flexibility index (Phi) is 3.21. The Morgan fingerprint density at radius 2 is 2.11 bits per heavy atom. The highest BCUT2D eigenvalue weighted by Crippen LogP contribution is 2.31. The number of imidazole rings is 1. The van der Waals surface area contributed by atoms with Crippen LogP contribution >= 0.6 is 0 Å². The second-order valence-corrected chi connectivity index (χ2v) is 4.04. The number of aromatic nitrogens is 2. The molecule has 1 aromatic carbocycles. The minimum absolute atomic E-state index is 0.0803. The van der Waals surface area contributed by atoms with Crippen LogP contribution in [0.15, 0.2) is 18.2 Å². The number of fused-ring (bicyclic) bond motifs is 1. The summed E-state index contributed by atoms with van der Waals surface area (Å²) in [6.07, 6.45) is -4.49. The normalized spacial score (nSPS) is 11.8. The lowest BCUT2D eigenvalue weighted by molar-refractivity contribution is -0.140. The van der Waals surface area contributed by atoms with Crippen LogP contribution in [0.5, 0.6) is 0 Å². The van der Waals surface area contributed by atoms with Gasteiger partial charge in [0.2, 0.25) is 0 Å². The first-order chi connectivity index (χ1) is 8.82. The molecule has 0 spiro atoms. The summed E-state index contributed by atoms with van der Waals surface area (Å²) in [5.74, 6) is -0.129. The van der Waals surface area contributed by atoms with Crippen LogP contribution in [-0.2, 0) is 29.2 Å². The number of alkyl halides is 3. The Bertz CT molecular complexity index is 632. The van der Waals surface area contributed by atoms with E-state index in [9.17, 15) is 18.0 Å². The van der Waals surface area contributed by atoms with E-state index in [1.807, 2.05) is 0 Å². The van der Waals surface area contributed by atoms with E-state index < -0.39 is 17.7 Å². The number of benzene rings is 1. The molecule has 0 aliphatic heterocycles. The Hall–Kier alpha value is -2.05. The Morgan fingerprint density at radius 3 is 2.68 bits per heavy atom. The summed E-state index contributed by atoms with van der Waals surface area (Å²) in [5.41, 5.74) is -0.0224.